The summed E-state index contributed by atoms with van der Waals surface area (Å²) in [5, 5.41) is 8.72. The topological polar surface area (TPSA) is 40.5 Å². The predicted molar refractivity (Wildman–Crippen MR) is 51.2 cm³/mol. The molecule has 64 valence electrons. The number of nitrogens with zero attached hydrogens (tertiary/aromatic N) is 1. The second-order valence-electron chi connectivity index (χ2n) is 2.95. The number of carboxylic acid groups (broad SMARTS) is 1. The molecular weight excluding hydrogens is 257 g/mol. The zero-order valence-corrected chi connectivity index (χ0v) is 8.61. The Morgan fingerprint density at radius 1 is 1.73 bits per heavy atom. The molecule has 0 aromatic heterocycles. The van der Waals surface area contributed by atoms with E-state index in [1.165, 1.54) is 4.90 Å². The Kier molecular flexibility index (Phi) is 2.98. The van der Waals surface area contributed by atoms with Crippen LogP contribution in [0.4, 0.5) is 4.79 Å². The molecule has 0 bridgehead atoms. The third-order valence-corrected chi connectivity index (χ3v) is 3.19. The van der Waals surface area contributed by atoms with Gasteiger partial charge in [-0.05, 0) is 19.8 Å². The Hall–Kier alpha value is 0. The third kappa shape index (κ3) is 2.21. The van der Waals surface area contributed by atoms with Gasteiger partial charge in [0.15, 0.2) is 0 Å². The maximum atomic E-state index is 10.6. The van der Waals surface area contributed by atoms with E-state index in [9.17, 15) is 4.79 Å². The average molecular weight is 269 g/mol. The van der Waals surface area contributed by atoms with Crippen LogP contribution in [0.1, 0.15) is 19.8 Å². The van der Waals surface area contributed by atoms with Crippen LogP contribution in [0.5, 0.6) is 0 Å². The van der Waals surface area contributed by atoms with Crippen molar-refractivity contribution >= 4 is 28.7 Å². The van der Waals surface area contributed by atoms with Crippen molar-refractivity contribution in [1.82, 2.24) is 4.90 Å². The van der Waals surface area contributed by atoms with Crippen molar-refractivity contribution in [2.24, 2.45) is 0 Å². The van der Waals surface area contributed by atoms with Crippen LogP contribution < -0.4 is 0 Å². The van der Waals surface area contributed by atoms with Crippen molar-refractivity contribution in [3.63, 3.8) is 0 Å². The Morgan fingerprint density at radius 2 is 2.36 bits per heavy atom. The van der Waals surface area contributed by atoms with Gasteiger partial charge in [-0.2, -0.15) is 0 Å². The largest absolute Gasteiger partial charge is 0.465 e. The molecule has 4 heteroatoms. The smallest absolute Gasteiger partial charge is 0.407 e. The molecule has 1 rings (SSSR count). The lowest BCUT2D eigenvalue weighted by Gasteiger charge is -2.33. The zero-order chi connectivity index (χ0) is 8.43. The van der Waals surface area contributed by atoms with Gasteiger partial charge < -0.3 is 10.0 Å². The van der Waals surface area contributed by atoms with Gasteiger partial charge in [-0.1, -0.05) is 22.6 Å². The molecule has 1 amide bonds. The van der Waals surface area contributed by atoms with Crippen LogP contribution in [0, 0.1) is 0 Å². The van der Waals surface area contributed by atoms with E-state index >= 15 is 0 Å². The monoisotopic (exact) mass is 269 g/mol. The number of carbonyl (C=O) groups is 1. The molecule has 0 aromatic carbocycles. The first-order chi connectivity index (χ1) is 5.11. The zero-order valence-electron chi connectivity index (χ0n) is 6.46. The van der Waals surface area contributed by atoms with E-state index < -0.39 is 6.09 Å². The molecule has 1 heterocycles. The highest BCUT2D eigenvalue weighted by atomic mass is 127. The summed E-state index contributed by atoms with van der Waals surface area (Å²) in [6.07, 6.45) is 1.21. The van der Waals surface area contributed by atoms with E-state index in [1.54, 1.807) is 0 Å². The van der Waals surface area contributed by atoms with Gasteiger partial charge >= 0.3 is 6.09 Å². The molecule has 1 saturated heterocycles. The summed E-state index contributed by atoms with van der Waals surface area (Å²) < 4.78 is 0.651. The van der Waals surface area contributed by atoms with Gasteiger partial charge in [0.2, 0.25) is 0 Å². The summed E-state index contributed by atoms with van der Waals surface area (Å²) in [4.78, 5) is 12.1. The highest BCUT2D eigenvalue weighted by Crippen LogP contribution is 2.22. The van der Waals surface area contributed by atoms with E-state index in [2.05, 4.69) is 22.6 Å². The van der Waals surface area contributed by atoms with E-state index in [0.717, 1.165) is 12.8 Å². The minimum atomic E-state index is -0.777. The van der Waals surface area contributed by atoms with Gasteiger partial charge in [-0.3, -0.25) is 0 Å². The van der Waals surface area contributed by atoms with E-state index in [1.807, 2.05) is 6.92 Å². The molecule has 1 aliphatic rings. The van der Waals surface area contributed by atoms with Crippen LogP contribution in [0.3, 0.4) is 0 Å². The summed E-state index contributed by atoms with van der Waals surface area (Å²) in [5.41, 5.74) is 0. The Bertz CT molecular complexity index is 163. The number of likely N-dealkylation sites (tertiary alicyclic amines) is 1. The summed E-state index contributed by atoms with van der Waals surface area (Å²) in [6.45, 7) is 2.67. The Labute approximate surface area is 79.9 Å². The number of alkyl halides is 1. The fraction of sp³-hybridized carbons (Fsp3) is 0.857. The minimum absolute atomic E-state index is 0.197. The van der Waals surface area contributed by atoms with E-state index in [4.69, 9.17) is 5.11 Å². The molecule has 0 unspecified atom stereocenters. The number of halogens is 1. The summed E-state index contributed by atoms with van der Waals surface area (Å²) in [5.74, 6) is 0. The predicted octanol–water partition coefficient (Wildman–Crippen LogP) is 1.95. The van der Waals surface area contributed by atoms with E-state index in [-0.39, 0.29) is 6.04 Å². The highest BCUT2D eigenvalue weighted by molar-refractivity contribution is 14.1. The number of amides is 1. The van der Waals surface area contributed by atoms with Gasteiger partial charge in [0, 0.05) is 16.5 Å². The lowest BCUT2D eigenvalue weighted by atomic mass is 10.0. The number of piperidine rings is 1. The minimum Gasteiger partial charge on any atom is -0.465 e. The van der Waals surface area contributed by atoms with Gasteiger partial charge in [0.1, 0.15) is 0 Å². The lowest BCUT2D eigenvalue weighted by Crippen LogP contribution is -2.44. The third-order valence-electron chi connectivity index (χ3n) is 2.06. The van der Waals surface area contributed by atoms with Crippen molar-refractivity contribution in [2.45, 2.75) is 29.7 Å². The van der Waals surface area contributed by atoms with Gasteiger partial charge in [-0.25, -0.2) is 4.79 Å². The van der Waals surface area contributed by atoms with Crippen LogP contribution in [0.15, 0.2) is 0 Å². The molecule has 2 atom stereocenters. The molecule has 0 radical (unpaired) electrons. The molecule has 0 saturated carbocycles. The molecule has 11 heavy (non-hydrogen) atoms. The summed E-state index contributed by atoms with van der Waals surface area (Å²) >= 11 is 2.39. The molecule has 1 N–H and O–H groups in total. The lowest BCUT2D eigenvalue weighted by molar-refractivity contribution is 0.115. The van der Waals surface area contributed by atoms with Crippen molar-refractivity contribution in [3.8, 4) is 0 Å². The summed E-state index contributed by atoms with van der Waals surface area (Å²) in [7, 11) is 0. The molecule has 0 spiro atoms. The van der Waals surface area contributed by atoms with Gasteiger partial charge in [0.25, 0.3) is 0 Å². The second kappa shape index (κ2) is 3.60. The van der Waals surface area contributed by atoms with Crippen molar-refractivity contribution in [1.29, 1.82) is 0 Å². The summed E-state index contributed by atoms with van der Waals surface area (Å²) in [6, 6.07) is 0.197. The highest BCUT2D eigenvalue weighted by Gasteiger charge is 2.26. The maximum absolute atomic E-state index is 10.6. The molecule has 3 nitrogen and oxygen atoms in total. The van der Waals surface area contributed by atoms with Crippen LogP contribution >= 0.6 is 22.6 Å². The number of hydrogen-bond donors (Lipinski definition) is 1. The normalized spacial score (nSPS) is 32.0. The average Bonchev–Trinajstić information content (AvgIpc) is 1.85. The standard InChI is InChI=1S/C7H12INO2/c1-5-4-6(8)2-3-9(5)7(10)11/h5-6H,2-4H2,1H3,(H,10,11)/t5-,6-/m0/s1. The first-order valence-corrected chi connectivity index (χ1v) is 4.99. The SMILES string of the molecule is C[C@H]1C[C@@H](I)CCN1C(=O)O. The fourth-order valence-corrected chi connectivity index (χ4v) is 2.41. The molecule has 0 aliphatic carbocycles. The number of rotatable bonds is 0. The van der Waals surface area contributed by atoms with Gasteiger partial charge in [0.05, 0.1) is 0 Å². The second-order valence-corrected chi connectivity index (χ2v) is 4.71. The van der Waals surface area contributed by atoms with Crippen LogP contribution in [-0.2, 0) is 0 Å². The Morgan fingerprint density at radius 3 is 2.82 bits per heavy atom. The molecule has 1 aliphatic heterocycles. The van der Waals surface area contributed by atoms with Crippen molar-refractivity contribution < 1.29 is 9.90 Å². The van der Waals surface area contributed by atoms with Crippen LogP contribution in [0.2, 0.25) is 0 Å². The molecular formula is C7H12INO2. The fourth-order valence-electron chi connectivity index (χ4n) is 1.40. The first-order valence-electron chi connectivity index (χ1n) is 3.75. The quantitative estimate of drug-likeness (QED) is 0.539. The number of hydrogen-bond acceptors (Lipinski definition) is 1. The van der Waals surface area contributed by atoms with Gasteiger partial charge in [-0.15, -0.1) is 0 Å². The van der Waals surface area contributed by atoms with E-state index in [0.29, 0.717) is 10.5 Å². The van der Waals surface area contributed by atoms with Crippen molar-refractivity contribution in [2.75, 3.05) is 6.54 Å². The first kappa shape index (κ1) is 9.09. The Balaban J connectivity index is 2.50. The maximum Gasteiger partial charge on any atom is 0.407 e. The van der Waals surface area contributed by atoms with Crippen molar-refractivity contribution in [3.05, 3.63) is 0 Å². The molecule has 0 aromatic rings. The molecule has 1 fully saturated rings. The van der Waals surface area contributed by atoms with Crippen LogP contribution in [0.25, 0.3) is 0 Å². The van der Waals surface area contributed by atoms with Crippen LogP contribution in [-0.4, -0.2) is 32.6 Å².